The SMILES string of the molecule is CCC(F)(F)c1ccc(CNC(=O)[C@H]2C[C@H](NS(=O)(=O)c3cncc(N)c3)CCN2S(=O)(=O)c2ccc(OC(F)(F)F)cc2)cc1. The molecule has 1 aliphatic rings. The first-order valence-electron chi connectivity index (χ1n) is 13.8. The van der Waals surface area contributed by atoms with Gasteiger partial charge < -0.3 is 15.8 Å². The van der Waals surface area contributed by atoms with Crippen LogP contribution in [-0.2, 0) is 37.3 Å². The van der Waals surface area contributed by atoms with Gasteiger partial charge in [0.25, 0.3) is 5.92 Å². The number of pyridine rings is 1. The molecule has 3 aromatic rings. The quantitative estimate of drug-likeness (QED) is 0.256. The van der Waals surface area contributed by atoms with Crippen molar-refractivity contribution in [2.24, 2.45) is 0 Å². The normalized spacial score (nSPS) is 18.2. The topological polar surface area (TPSA) is 161 Å². The summed E-state index contributed by atoms with van der Waals surface area (Å²) in [4.78, 5) is 16.6. The minimum atomic E-state index is -5.00. The van der Waals surface area contributed by atoms with E-state index in [0.29, 0.717) is 5.56 Å². The van der Waals surface area contributed by atoms with Crippen LogP contribution in [0.1, 0.15) is 37.3 Å². The highest BCUT2D eigenvalue weighted by atomic mass is 32.2. The van der Waals surface area contributed by atoms with Crippen LogP contribution in [0.15, 0.2) is 76.8 Å². The number of sulfonamides is 2. The molecule has 46 heavy (non-hydrogen) atoms. The fourth-order valence-electron chi connectivity index (χ4n) is 4.77. The third kappa shape index (κ3) is 8.48. The molecule has 1 amide bonds. The molecule has 2 atom stereocenters. The summed E-state index contributed by atoms with van der Waals surface area (Å²) in [5.74, 6) is -4.52. The molecule has 0 unspecified atom stereocenters. The molecule has 0 radical (unpaired) electrons. The summed E-state index contributed by atoms with van der Waals surface area (Å²) in [6.07, 6.45) is -3.50. The standard InChI is InChI=1S/C28H30F5N5O6S2/c1-2-27(29,30)19-5-3-18(4-6-19)15-36-26(39)25-14-21(37-45(40,41)24-13-20(34)16-35-17-24)11-12-38(25)46(42,43)23-9-7-22(8-10-23)44-28(31,32)33/h3-10,13,16-17,21,25,37H,2,11-12,14-15,34H2,1H3,(H,36,39)/t21-,25-/m1/s1. The molecule has 1 aromatic heterocycles. The maximum absolute atomic E-state index is 14.0. The van der Waals surface area contributed by atoms with E-state index in [4.69, 9.17) is 5.73 Å². The monoisotopic (exact) mass is 691 g/mol. The number of ether oxygens (including phenoxy) is 1. The summed E-state index contributed by atoms with van der Waals surface area (Å²) >= 11 is 0. The molecule has 0 bridgehead atoms. The predicted molar refractivity (Wildman–Crippen MR) is 155 cm³/mol. The number of alkyl halides is 5. The second kappa shape index (κ2) is 13.5. The minimum absolute atomic E-state index is 0.0691. The van der Waals surface area contributed by atoms with Gasteiger partial charge in [0, 0.05) is 43.5 Å². The Kier molecular flexibility index (Phi) is 10.2. The average molecular weight is 692 g/mol. The molecule has 2 heterocycles. The molecule has 4 N–H and O–H groups in total. The van der Waals surface area contributed by atoms with Gasteiger partial charge in [-0.2, -0.15) is 4.31 Å². The first-order chi connectivity index (χ1) is 21.4. The number of carbonyl (C=O) groups is 1. The number of carbonyl (C=O) groups excluding carboxylic acids is 1. The number of benzene rings is 2. The highest BCUT2D eigenvalue weighted by molar-refractivity contribution is 7.89. The molecular formula is C28H30F5N5O6S2. The van der Waals surface area contributed by atoms with E-state index in [2.05, 4.69) is 19.8 Å². The van der Waals surface area contributed by atoms with Gasteiger partial charge in [-0.1, -0.05) is 31.2 Å². The van der Waals surface area contributed by atoms with Crippen LogP contribution < -0.4 is 20.5 Å². The van der Waals surface area contributed by atoms with Gasteiger partial charge >= 0.3 is 6.36 Å². The Morgan fingerprint density at radius 3 is 2.24 bits per heavy atom. The molecule has 0 aliphatic carbocycles. The van der Waals surface area contributed by atoms with Gasteiger partial charge in [-0.3, -0.25) is 9.78 Å². The van der Waals surface area contributed by atoms with Crippen LogP contribution in [0.25, 0.3) is 0 Å². The van der Waals surface area contributed by atoms with Crippen LogP contribution in [0.4, 0.5) is 27.6 Å². The second-order valence-corrected chi connectivity index (χ2v) is 14.0. The summed E-state index contributed by atoms with van der Waals surface area (Å²) in [6, 6.07) is 7.37. The van der Waals surface area contributed by atoms with Crippen LogP contribution in [0.5, 0.6) is 5.75 Å². The van der Waals surface area contributed by atoms with E-state index in [-0.39, 0.29) is 42.1 Å². The van der Waals surface area contributed by atoms with E-state index in [1.54, 1.807) is 0 Å². The van der Waals surface area contributed by atoms with Crippen LogP contribution in [-0.4, -0.2) is 57.0 Å². The Morgan fingerprint density at radius 2 is 1.65 bits per heavy atom. The zero-order chi connectivity index (χ0) is 33.9. The van der Waals surface area contributed by atoms with Gasteiger partial charge in [0.2, 0.25) is 26.0 Å². The molecule has 11 nitrogen and oxygen atoms in total. The third-order valence-electron chi connectivity index (χ3n) is 7.17. The molecule has 2 aromatic carbocycles. The van der Waals surface area contributed by atoms with Crippen LogP contribution >= 0.6 is 0 Å². The van der Waals surface area contributed by atoms with Crippen molar-refractivity contribution in [3.63, 3.8) is 0 Å². The lowest BCUT2D eigenvalue weighted by Gasteiger charge is -2.37. The van der Waals surface area contributed by atoms with Crippen molar-refractivity contribution < 1.29 is 48.3 Å². The maximum Gasteiger partial charge on any atom is 0.573 e. The maximum atomic E-state index is 14.0. The van der Waals surface area contributed by atoms with E-state index in [1.807, 2.05) is 0 Å². The number of hydrogen-bond acceptors (Lipinski definition) is 8. The molecule has 1 aliphatic heterocycles. The Bertz CT molecular complexity index is 1760. The number of nitrogens with two attached hydrogens (primary N) is 1. The Balaban J connectivity index is 1.57. The zero-order valence-electron chi connectivity index (χ0n) is 24.2. The highest BCUT2D eigenvalue weighted by Crippen LogP contribution is 2.32. The molecule has 0 saturated carbocycles. The van der Waals surface area contributed by atoms with Gasteiger partial charge in [-0.25, -0.2) is 30.3 Å². The molecule has 4 rings (SSSR count). The molecule has 250 valence electrons. The van der Waals surface area contributed by atoms with E-state index in [1.165, 1.54) is 43.5 Å². The van der Waals surface area contributed by atoms with Crippen LogP contribution in [0, 0.1) is 0 Å². The van der Waals surface area contributed by atoms with Crippen molar-refractivity contribution >= 4 is 31.6 Å². The van der Waals surface area contributed by atoms with E-state index in [9.17, 15) is 43.6 Å². The van der Waals surface area contributed by atoms with Gasteiger partial charge in [-0.05, 0) is 48.7 Å². The largest absolute Gasteiger partial charge is 0.573 e. The number of piperidine rings is 1. The molecule has 1 fully saturated rings. The van der Waals surface area contributed by atoms with Crippen LogP contribution in [0.3, 0.4) is 0 Å². The Hall–Kier alpha value is -3.87. The molecule has 0 spiro atoms. The van der Waals surface area contributed by atoms with Crippen molar-refractivity contribution in [2.45, 2.75) is 66.9 Å². The number of aromatic nitrogens is 1. The summed E-state index contributed by atoms with van der Waals surface area (Å²) in [6.45, 7) is 0.822. The number of hydrogen-bond donors (Lipinski definition) is 3. The number of halogens is 5. The number of nitrogens with zero attached hydrogens (tertiary/aromatic N) is 2. The predicted octanol–water partition coefficient (Wildman–Crippen LogP) is 3.88. The van der Waals surface area contributed by atoms with E-state index >= 15 is 0 Å². The number of amides is 1. The van der Waals surface area contributed by atoms with Crippen LogP contribution in [0.2, 0.25) is 0 Å². The summed E-state index contributed by atoms with van der Waals surface area (Å²) < 4.78 is 126. The van der Waals surface area contributed by atoms with Crippen molar-refractivity contribution in [3.05, 3.63) is 78.1 Å². The second-order valence-electron chi connectivity index (χ2n) is 10.4. The number of nitrogens with one attached hydrogen (secondary N) is 2. The lowest BCUT2D eigenvalue weighted by molar-refractivity contribution is -0.274. The lowest BCUT2D eigenvalue weighted by Crippen LogP contribution is -2.57. The van der Waals surface area contributed by atoms with E-state index < -0.39 is 67.4 Å². The van der Waals surface area contributed by atoms with Gasteiger partial charge in [0.1, 0.15) is 16.7 Å². The summed E-state index contributed by atoms with van der Waals surface area (Å²) in [5, 5.41) is 2.57. The average Bonchev–Trinajstić information content (AvgIpc) is 2.99. The number of anilines is 1. The van der Waals surface area contributed by atoms with E-state index in [0.717, 1.165) is 34.8 Å². The van der Waals surface area contributed by atoms with Gasteiger partial charge in [0.05, 0.1) is 10.6 Å². The molecule has 18 heteroatoms. The first kappa shape index (κ1) is 35.0. The smallest absolute Gasteiger partial charge is 0.406 e. The molecule has 1 saturated heterocycles. The minimum Gasteiger partial charge on any atom is -0.406 e. The third-order valence-corrected chi connectivity index (χ3v) is 10.6. The zero-order valence-corrected chi connectivity index (χ0v) is 25.8. The fourth-order valence-corrected chi connectivity index (χ4v) is 7.67. The number of rotatable bonds is 11. The van der Waals surface area contributed by atoms with Crippen molar-refractivity contribution in [3.8, 4) is 5.75 Å². The molecular weight excluding hydrogens is 661 g/mol. The van der Waals surface area contributed by atoms with Crippen molar-refractivity contribution in [1.82, 2.24) is 19.3 Å². The number of nitrogen functional groups attached to an aromatic ring is 1. The van der Waals surface area contributed by atoms with Crippen molar-refractivity contribution in [1.29, 1.82) is 0 Å². The highest BCUT2D eigenvalue weighted by Gasteiger charge is 2.42. The van der Waals surface area contributed by atoms with Gasteiger partial charge in [-0.15, -0.1) is 13.2 Å². The van der Waals surface area contributed by atoms with Gasteiger partial charge in [0.15, 0.2) is 0 Å². The summed E-state index contributed by atoms with van der Waals surface area (Å²) in [7, 11) is -8.69. The first-order valence-corrected chi connectivity index (χ1v) is 16.7. The Morgan fingerprint density at radius 1 is 1.00 bits per heavy atom. The fraction of sp³-hybridized carbons (Fsp3) is 0.357. The lowest BCUT2D eigenvalue weighted by atomic mass is 9.99. The Labute approximate surface area is 262 Å². The van der Waals surface area contributed by atoms with Crippen molar-refractivity contribution in [2.75, 3.05) is 12.3 Å². The summed E-state index contributed by atoms with van der Waals surface area (Å²) in [5.41, 5.74) is 5.95.